The van der Waals surface area contributed by atoms with Crippen LogP contribution in [0.25, 0.3) is 0 Å². The van der Waals surface area contributed by atoms with Crippen molar-refractivity contribution in [1.82, 2.24) is 9.55 Å². The molecule has 0 amide bonds. The number of hydrogen-bond donors (Lipinski definition) is 3. The van der Waals surface area contributed by atoms with Gasteiger partial charge < -0.3 is 10.2 Å². The standard InChI is InChI=1S/C9H11IN2O4S/c10-4-2-12(9(16)11-8(4)15)7-1-5(14)6(3-13)17-7/h2,5-7,13-14H,1,3H2,(H,11,15,16)/t5?,6-,7+/m0/s1. The van der Waals surface area contributed by atoms with Crippen molar-refractivity contribution in [2.24, 2.45) is 0 Å². The highest BCUT2D eigenvalue weighted by atomic mass is 127. The second-order valence-corrected chi connectivity index (χ2v) is 6.34. The van der Waals surface area contributed by atoms with Crippen molar-refractivity contribution in [1.29, 1.82) is 0 Å². The molecule has 3 N–H and O–H groups in total. The van der Waals surface area contributed by atoms with Gasteiger partial charge >= 0.3 is 5.69 Å². The molecule has 0 aromatic carbocycles. The first-order valence-corrected chi connectivity index (χ1v) is 7.00. The lowest BCUT2D eigenvalue weighted by Gasteiger charge is -2.12. The Morgan fingerprint density at radius 3 is 2.88 bits per heavy atom. The third-order valence-corrected chi connectivity index (χ3v) is 4.93. The van der Waals surface area contributed by atoms with Crippen molar-refractivity contribution in [3.8, 4) is 0 Å². The summed E-state index contributed by atoms with van der Waals surface area (Å²) in [6, 6.07) is 0. The lowest BCUT2D eigenvalue weighted by molar-refractivity contribution is 0.137. The third-order valence-electron chi connectivity index (χ3n) is 2.62. The van der Waals surface area contributed by atoms with Crippen molar-refractivity contribution in [3.63, 3.8) is 0 Å². The summed E-state index contributed by atoms with van der Waals surface area (Å²) < 4.78 is 1.82. The molecule has 1 fully saturated rings. The van der Waals surface area contributed by atoms with E-state index in [0.29, 0.717) is 9.99 Å². The largest absolute Gasteiger partial charge is 0.395 e. The predicted molar refractivity (Wildman–Crippen MR) is 72.2 cm³/mol. The van der Waals surface area contributed by atoms with Crippen LogP contribution in [0, 0.1) is 3.57 Å². The number of nitrogens with one attached hydrogen (secondary N) is 1. The molecule has 2 heterocycles. The topological polar surface area (TPSA) is 95.3 Å². The van der Waals surface area contributed by atoms with Gasteiger partial charge in [-0.1, -0.05) is 0 Å². The number of thioether (sulfide) groups is 1. The van der Waals surface area contributed by atoms with Crippen LogP contribution in [0.4, 0.5) is 0 Å². The van der Waals surface area contributed by atoms with Gasteiger partial charge in [0.15, 0.2) is 0 Å². The fourth-order valence-corrected chi connectivity index (χ4v) is 3.54. The summed E-state index contributed by atoms with van der Waals surface area (Å²) in [4.78, 5) is 25.1. The molecular weight excluding hydrogens is 359 g/mol. The van der Waals surface area contributed by atoms with Crippen LogP contribution in [0.2, 0.25) is 0 Å². The Kier molecular flexibility index (Phi) is 3.95. The van der Waals surface area contributed by atoms with E-state index in [9.17, 15) is 14.7 Å². The molecule has 1 aliphatic heterocycles. The summed E-state index contributed by atoms with van der Waals surface area (Å²) in [6.45, 7) is -0.127. The van der Waals surface area contributed by atoms with E-state index < -0.39 is 17.4 Å². The van der Waals surface area contributed by atoms with Gasteiger partial charge in [-0.3, -0.25) is 14.3 Å². The highest BCUT2D eigenvalue weighted by molar-refractivity contribution is 14.1. The van der Waals surface area contributed by atoms with Crippen molar-refractivity contribution in [2.75, 3.05) is 6.61 Å². The van der Waals surface area contributed by atoms with E-state index in [1.807, 2.05) is 22.6 Å². The maximum absolute atomic E-state index is 11.6. The van der Waals surface area contributed by atoms with E-state index in [4.69, 9.17) is 5.11 Å². The molecule has 1 aromatic rings. The van der Waals surface area contributed by atoms with Crippen LogP contribution in [0.5, 0.6) is 0 Å². The van der Waals surface area contributed by atoms with E-state index in [2.05, 4.69) is 4.98 Å². The zero-order valence-corrected chi connectivity index (χ0v) is 11.6. The molecule has 94 valence electrons. The second-order valence-electron chi connectivity index (χ2n) is 3.76. The number of aliphatic hydroxyl groups is 2. The fraction of sp³-hybridized carbons (Fsp3) is 0.556. The summed E-state index contributed by atoms with van der Waals surface area (Å²) in [6.07, 6.45) is 1.23. The van der Waals surface area contributed by atoms with Gasteiger partial charge in [0.1, 0.15) is 0 Å². The zero-order valence-electron chi connectivity index (χ0n) is 8.67. The number of aromatic amines is 1. The molecule has 1 unspecified atom stereocenters. The Bertz CT molecular complexity index is 528. The lowest BCUT2D eigenvalue weighted by Crippen LogP contribution is -2.32. The molecule has 1 aliphatic rings. The van der Waals surface area contributed by atoms with Gasteiger partial charge in [-0.25, -0.2) is 4.79 Å². The number of rotatable bonds is 2. The molecule has 0 saturated carbocycles. The number of aliphatic hydroxyl groups excluding tert-OH is 2. The molecule has 2 rings (SSSR count). The minimum atomic E-state index is -0.633. The third kappa shape index (κ3) is 2.59. The number of nitrogens with zero attached hydrogens (tertiary/aromatic N) is 1. The smallest absolute Gasteiger partial charge is 0.329 e. The Morgan fingerprint density at radius 1 is 1.59 bits per heavy atom. The normalized spacial score (nSPS) is 28.5. The number of H-pyrrole nitrogens is 1. The summed E-state index contributed by atoms with van der Waals surface area (Å²) >= 11 is 3.19. The molecule has 0 aliphatic carbocycles. The predicted octanol–water partition coefficient (Wildman–Crippen LogP) is -0.502. The fourth-order valence-electron chi connectivity index (χ4n) is 1.72. The highest BCUT2D eigenvalue weighted by Gasteiger charge is 2.34. The number of aromatic nitrogens is 2. The van der Waals surface area contributed by atoms with E-state index >= 15 is 0 Å². The first kappa shape index (κ1) is 13.1. The monoisotopic (exact) mass is 370 g/mol. The minimum Gasteiger partial charge on any atom is -0.395 e. The SMILES string of the molecule is O=c1[nH]c(=O)n([C@H]2CC(O)[C@H](CO)S2)cc1I. The molecular formula is C9H11IN2O4S. The van der Waals surface area contributed by atoms with Gasteiger partial charge in [0.05, 0.1) is 26.9 Å². The van der Waals surface area contributed by atoms with E-state index in [0.717, 1.165) is 0 Å². The summed E-state index contributed by atoms with van der Waals surface area (Å²) in [5.41, 5.74) is -0.896. The van der Waals surface area contributed by atoms with Gasteiger partial charge in [-0.15, -0.1) is 11.8 Å². The Labute approximate surface area is 114 Å². The quantitative estimate of drug-likeness (QED) is 0.610. The second kappa shape index (κ2) is 5.12. The molecule has 6 nitrogen and oxygen atoms in total. The molecule has 0 spiro atoms. The Hall–Kier alpha value is -0.320. The van der Waals surface area contributed by atoms with Crippen LogP contribution >= 0.6 is 34.4 Å². The summed E-state index contributed by atoms with van der Waals surface area (Å²) in [5.74, 6) is 0. The molecule has 0 radical (unpaired) electrons. The number of hydrogen-bond acceptors (Lipinski definition) is 5. The zero-order chi connectivity index (χ0) is 12.6. The van der Waals surface area contributed by atoms with Crippen LogP contribution in [-0.2, 0) is 0 Å². The van der Waals surface area contributed by atoms with Crippen molar-refractivity contribution >= 4 is 34.4 Å². The molecule has 8 heteroatoms. The Morgan fingerprint density at radius 2 is 2.29 bits per heavy atom. The average Bonchev–Trinajstić information content (AvgIpc) is 2.65. The van der Waals surface area contributed by atoms with Crippen molar-refractivity contribution in [2.45, 2.75) is 23.1 Å². The minimum absolute atomic E-state index is 0.127. The molecule has 1 aromatic heterocycles. The van der Waals surface area contributed by atoms with E-state index in [1.165, 1.54) is 22.5 Å². The molecule has 0 bridgehead atoms. The van der Waals surface area contributed by atoms with Crippen LogP contribution < -0.4 is 11.2 Å². The molecule has 17 heavy (non-hydrogen) atoms. The van der Waals surface area contributed by atoms with Gasteiger partial charge in [0.25, 0.3) is 5.56 Å². The lowest BCUT2D eigenvalue weighted by atomic mass is 10.2. The first-order valence-electron chi connectivity index (χ1n) is 4.98. The van der Waals surface area contributed by atoms with Crippen LogP contribution in [0.3, 0.4) is 0 Å². The van der Waals surface area contributed by atoms with Crippen molar-refractivity contribution < 1.29 is 10.2 Å². The maximum Gasteiger partial charge on any atom is 0.329 e. The van der Waals surface area contributed by atoms with Crippen molar-refractivity contribution in [3.05, 3.63) is 30.6 Å². The van der Waals surface area contributed by atoms with Crippen LogP contribution in [-0.4, -0.2) is 37.7 Å². The van der Waals surface area contributed by atoms with Crippen LogP contribution in [0.15, 0.2) is 15.8 Å². The van der Waals surface area contributed by atoms with Gasteiger partial charge in [0.2, 0.25) is 0 Å². The maximum atomic E-state index is 11.6. The Balaban J connectivity index is 2.34. The van der Waals surface area contributed by atoms with E-state index in [1.54, 1.807) is 0 Å². The van der Waals surface area contributed by atoms with Gasteiger partial charge in [-0.2, -0.15) is 0 Å². The highest BCUT2D eigenvalue weighted by Crippen LogP contribution is 2.40. The van der Waals surface area contributed by atoms with Crippen LogP contribution in [0.1, 0.15) is 11.8 Å². The average molecular weight is 370 g/mol. The van der Waals surface area contributed by atoms with Gasteiger partial charge in [-0.05, 0) is 22.6 Å². The van der Waals surface area contributed by atoms with Gasteiger partial charge in [0, 0.05) is 12.6 Å². The first-order chi connectivity index (χ1) is 8.02. The van der Waals surface area contributed by atoms with E-state index in [-0.39, 0.29) is 17.2 Å². The summed E-state index contributed by atoms with van der Waals surface area (Å²) in [5, 5.41) is 18.2. The molecule has 3 atom stereocenters. The summed E-state index contributed by atoms with van der Waals surface area (Å²) in [7, 11) is 0. The molecule has 1 saturated heterocycles. The number of halogens is 1.